The molecule has 1 fully saturated rings. The Morgan fingerprint density at radius 2 is 1.00 bits per heavy atom. The molecule has 188 valence electrons. The van der Waals surface area contributed by atoms with Gasteiger partial charge in [-0.2, -0.15) is 0 Å². The molecule has 1 saturated heterocycles. The van der Waals surface area contributed by atoms with Crippen molar-refractivity contribution in [3.63, 3.8) is 0 Å². The number of benzene rings is 4. The van der Waals surface area contributed by atoms with Crippen LogP contribution in [0.1, 0.15) is 52.0 Å². The van der Waals surface area contributed by atoms with Crippen molar-refractivity contribution in [2.75, 3.05) is 0 Å². The van der Waals surface area contributed by atoms with Crippen LogP contribution in [0.5, 0.6) is 0 Å². The van der Waals surface area contributed by atoms with Crippen molar-refractivity contribution in [3.05, 3.63) is 105 Å². The molecule has 1 spiro atoms. The quantitative estimate of drug-likeness (QED) is 0.206. The van der Waals surface area contributed by atoms with Gasteiger partial charge in [-0.05, 0) is 0 Å². The van der Waals surface area contributed by atoms with Gasteiger partial charge in [-0.25, -0.2) is 0 Å². The second kappa shape index (κ2) is 7.73. The van der Waals surface area contributed by atoms with Gasteiger partial charge in [-0.15, -0.1) is 0 Å². The predicted molar refractivity (Wildman–Crippen MR) is 163 cm³/mol. The zero-order chi connectivity index (χ0) is 26.0. The Bertz CT molecular complexity index is 1520. The Balaban J connectivity index is 1.65. The Morgan fingerprint density at radius 3 is 1.38 bits per heavy atom. The molecule has 4 aromatic rings. The van der Waals surface area contributed by atoms with Crippen molar-refractivity contribution < 1.29 is 4.52 Å². The molecular weight excluding hydrogens is 601 g/mol. The number of rotatable bonds is 1. The van der Waals surface area contributed by atoms with Gasteiger partial charge < -0.3 is 0 Å². The van der Waals surface area contributed by atoms with Crippen molar-refractivity contribution in [1.29, 1.82) is 0 Å². The van der Waals surface area contributed by atoms with Crippen LogP contribution in [0.2, 0.25) is 5.02 Å². The predicted octanol–water partition coefficient (Wildman–Crippen LogP) is 5.24. The summed E-state index contributed by atoms with van der Waals surface area (Å²) >= 11 is 4.04. The minimum absolute atomic E-state index is 0.0509. The first-order chi connectivity index (χ1) is 17.6. The van der Waals surface area contributed by atoms with Crippen molar-refractivity contribution in [2.45, 2.75) is 60.2 Å². The van der Waals surface area contributed by atoms with E-state index in [1.165, 1.54) is 38.9 Å². The van der Waals surface area contributed by atoms with Crippen LogP contribution < -0.4 is 26.4 Å². The molecule has 4 aromatic carbocycles. The summed E-state index contributed by atoms with van der Waals surface area (Å²) in [5.74, 6) is 0. The Labute approximate surface area is 233 Å². The van der Waals surface area contributed by atoms with Crippen LogP contribution in [0.25, 0.3) is 0 Å². The Kier molecular flexibility index (Phi) is 5.10. The van der Waals surface area contributed by atoms with Gasteiger partial charge in [0.05, 0.1) is 0 Å². The average Bonchev–Trinajstić information content (AvgIpc) is 2.86. The first kappa shape index (κ1) is 24.4. The molecule has 0 unspecified atom stereocenters. The van der Waals surface area contributed by atoms with Gasteiger partial charge in [-0.1, -0.05) is 0 Å². The first-order valence-electron chi connectivity index (χ1n) is 13.2. The van der Waals surface area contributed by atoms with Crippen molar-refractivity contribution in [3.8, 4) is 0 Å². The number of hydrogen-bond acceptors (Lipinski definition) is 1. The SMILES string of the molecule is Cc1c[c]2c(cc1C)P13(O[C@@H](c4ccc(Cl)cc4)[C@H]1C)c1cc(C)c(C)c[c]1[Sb]2[c]1cc(C)c(C)cc13. The summed E-state index contributed by atoms with van der Waals surface area (Å²) in [6, 6.07) is 23.7. The normalized spacial score (nSPS) is 23.0. The van der Waals surface area contributed by atoms with E-state index < -0.39 is 27.0 Å². The number of hydrogen-bond donors (Lipinski definition) is 0. The van der Waals surface area contributed by atoms with E-state index >= 15 is 0 Å². The topological polar surface area (TPSA) is 9.23 Å². The van der Waals surface area contributed by atoms with Gasteiger partial charge in [0.15, 0.2) is 0 Å². The van der Waals surface area contributed by atoms with Crippen molar-refractivity contribution >= 4 is 65.1 Å². The fourth-order valence-electron chi connectivity index (χ4n) is 7.18. The molecular formula is C33H33ClOPSb. The van der Waals surface area contributed by atoms with Crippen LogP contribution in [0.3, 0.4) is 0 Å². The molecule has 0 saturated carbocycles. The Hall–Kier alpha value is -1.62. The molecule has 2 bridgehead atoms. The molecule has 0 aliphatic carbocycles. The van der Waals surface area contributed by atoms with Crippen LogP contribution in [0.4, 0.5) is 0 Å². The van der Waals surface area contributed by atoms with E-state index in [1.54, 1.807) is 26.4 Å². The number of aryl methyl sites for hydroxylation is 6. The second-order valence-electron chi connectivity index (χ2n) is 11.5. The molecule has 0 N–H and O–H groups in total. The number of halogens is 1. The summed E-state index contributed by atoms with van der Waals surface area (Å²) in [5.41, 5.74) is 9.95. The fraction of sp³-hybridized carbons (Fsp3) is 0.273. The monoisotopic (exact) mass is 632 g/mol. The minimum atomic E-state index is -3.19. The van der Waals surface area contributed by atoms with Crippen molar-refractivity contribution in [1.82, 2.24) is 0 Å². The standard InChI is InChI=1S/C33H33ClOP.Sb/c1-21-8-15-30(18-24(21)4)36(31-16-9-22(2)25(5)19-31,32-17-10-23(3)26(6)20-32)27(7)33(35-36)28-11-13-29(34)14-12-28;/h8-14,18-20,27,33H,1-7H3;/t27-,33-;/m1./s1. The van der Waals surface area contributed by atoms with Crippen LogP contribution >= 0.6 is 18.4 Å². The molecule has 0 amide bonds. The van der Waals surface area contributed by atoms with E-state index in [9.17, 15) is 0 Å². The van der Waals surface area contributed by atoms with Gasteiger partial charge in [0.1, 0.15) is 0 Å². The summed E-state index contributed by atoms with van der Waals surface area (Å²) in [6.45, 7) is 13.0. The van der Waals surface area contributed by atoms with Crippen molar-refractivity contribution in [2.24, 2.45) is 0 Å². The maximum atomic E-state index is 7.76. The zero-order valence-electron chi connectivity index (χ0n) is 22.6. The summed E-state index contributed by atoms with van der Waals surface area (Å²) in [5, 5.41) is 5.44. The van der Waals surface area contributed by atoms with Crippen LogP contribution in [-0.4, -0.2) is 25.9 Å². The van der Waals surface area contributed by atoms with Gasteiger partial charge >= 0.3 is 234 Å². The molecule has 4 aliphatic heterocycles. The molecule has 2 atom stereocenters. The van der Waals surface area contributed by atoms with Crippen LogP contribution in [-0.2, 0) is 4.52 Å². The molecule has 37 heavy (non-hydrogen) atoms. The van der Waals surface area contributed by atoms with Crippen LogP contribution in [0, 0.1) is 41.5 Å². The van der Waals surface area contributed by atoms with Gasteiger partial charge in [-0.3, -0.25) is 0 Å². The van der Waals surface area contributed by atoms with Gasteiger partial charge in [0.2, 0.25) is 0 Å². The molecule has 4 aliphatic rings. The van der Waals surface area contributed by atoms with E-state index in [4.69, 9.17) is 16.1 Å². The third-order valence-corrected chi connectivity index (χ3v) is 25.3. The van der Waals surface area contributed by atoms with Gasteiger partial charge in [0, 0.05) is 0 Å². The van der Waals surface area contributed by atoms with Crippen LogP contribution in [0.15, 0.2) is 60.7 Å². The van der Waals surface area contributed by atoms with Gasteiger partial charge in [0.25, 0.3) is 0 Å². The fourth-order valence-corrected chi connectivity index (χ4v) is 28.8. The maximum absolute atomic E-state index is 7.76. The molecule has 4 heterocycles. The molecule has 1 nitrogen and oxygen atoms in total. The summed E-state index contributed by atoms with van der Waals surface area (Å²) in [7, 11) is 0. The summed E-state index contributed by atoms with van der Waals surface area (Å²) < 4.78 is 12.7. The average molecular weight is 634 g/mol. The Morgan fingerprint density at radius 1 is 0.622 bits per heavy atom. The molecule has 4 heteroatoms. The zero-order valence-corrected chi connectivity index (χ0v) is 26.8. The second-order valence-corrected chi connectivity index (χ2v) is 22.7. The van der Waals surface area contributed by atoms with E-state index in [0.717, 1.165) is 5.02 Å². The molecule has 0 aromatic heterocycles. The third kappa shape index (κ3) is 2.75. The third-order valence-electron chi connectivity index (χ3n) is 9.68. The van der Waals surface area contributed by atoms with E-state index in [-0.39, 0.29) is 6.10 Å². The van der Waals surface area contributed by atoms with E-state index in [1.807, 2.05) is 12.1 Å². The van der Waals surface area contributed by atoms with E-state index in [2.05, 4.69) is 97.0 Å². The molecule has 8 rings (SSSR count). The summed E-state index contributed by atoms with van der Waals surface area (Å²) in [4.78, 5) is 0. The van der Waals surface area contributed by atoms with E-state index in [0.29, 0.717) is 5.66 Å². The summed E-state index contributed by atoms with van der Waals surface area (Å²) in [6.07, 6.45) is 0.0509. The molecule has 0 radical (unpaired) electrons. The first-order valence-corrected chi connectivity index (χ1v) is 19.6.